The van der Waals surface area contributed by atoms with E-state index in [9.17, 15) is 0 Å². The van der Waals surface area contributed by atoms with Crippen LogP contribution in [0.25, 0.3) is 0 Å². The van der Waals surface area contributed by atoms with Crippen LogP contribution >= 0.6 is 0 Å². The predicted molar refractivity (Wildman–Crippen MR) is 339 cm³/mol. The lowest BCUT2D eigenvalue weighted by molar-refractivity contribution is 0.0356. The topological polar surface area (TPSA) is 248 Å². The van der Waals surface area contributed by atoms with Gasteiger partial charge in [0, 0.05) is 0 Å². The highest BCUT2D eigenvalue weighted by Crippen LogP contribution is 2.59. The smallest absolute Gasteiger partial charge is 0.416 e. The van der Waals surface area contributed by atoms with Gasteiger partial charge in [0.15, 0.2) is 66.5 Å². The summed E-state index contributed by atoms with van der Waals surface area (Å²) in [6.07, 6.45) is 0.223. The first-order valence-corrected chi connectivity index (χ1v) is 71.3. The number of epoxide rings is 8. The van der Waals surface area contributed by atoms with Gasteiger partial charge in [-0.3, -0.25) is 0 Å². The van der Waals surface area contributed by atoms with E-state index < -0.39 is 137 Å². The average Bonchev–Trinajstić information content (AvgIpc) is 1.80. The molecule has 0 saturated carbocycles. The van der Waals surface area contributed by atoms with Gasteiger partial charge in [-0.1, -0.05) is 0 Å². The van der Waals surface area contributed by atoms with E-state index >= 15 is 0 Å². The molecular formula is C44H96O24Si16. The summed E-state index contributed by atoms with van der Waals surface area (Å²) in [7, 11) is -60.2. The molecule has 0 aliphatic carbocycles. The molecule has 14 fully saturated rings. The van der Waals surface area contributed by atoms with Crippen LogP contribution in [0.15, 0.2) is 0 Å². The molecule has 8 unspecified atom stereocenters. The van der Waals surface area contributed by atoms with Crippen LogP contribution in [0.4, 0.5) is 0 Å². The summed E-state index contributed by atoms with van der Waals surface area (Å²) in [6, 6.07) is 5.44. The molecule has 0 spiro atoms. The van der Waals surface area contributed by atoms with Crippen molar-refractivity contribution in [3.8, 4) is 0 Å². The van der Waals surface area contributed by atoms with E-state index in [0.29, 0.717) is 101 Å². The largest absolute Gasteiger partial charge is 0.480 e. The highest BCUT2D eigenvalue weighted by molar-refractivity contribution is 7.13. The summed E-state index contributed by atoms with van der Waals surface area (Å²) in [5.74, 6) is 0. The van der Waals surface area contributed by atoms with Crippen LogP contribution in [-0.4, -0.2) is 239 Å². The van der Waals surface area contributed by atoms with Gasteiger partial charge in [-0.15, -0.1) is 0 Å². The summed E-state index contributed by atoms with van der Waals surface area (Å²) in [6.45, 7) is 40.7. The Morgan fingerprint density at radius 1 is 0.214 bits per heavy atom. The molecule has 24 nitrogen and oxygen atoms in total. The zero-order valence-electron chi connectivity index (χ0n) is 52.6. The SMILES string of the molecule is C[Si](C)(CC1CO1)O[Si]12C[Si]3(O[Si](C)(C)CC4CO4)O[Si]4(O[Si](C)(C)CC5CO5)C[Si]5(O[Si](C)(C)CC6CO6)O[Si](O[Si](C)(C)CC6CO6)(C[Si](O[Si](C)(C)CC6CO6)(O1)O4)O[Si](O[Si](C)(C)CC1CO1)(C[Si](O[Si](C)(C)CC1CO1)(O3)O5)O2. The van der Waals surface area contributed by atoms with Gasteiger partial charge in [0.1, 0.15) is 0 Å². The van der Waals surface area contributed by atoms with E-state index in [1.165, 1.54) is 0 Å². The summed E-state index contributed by atoms with van der Waals surface area (Å²) < 4.78 is 182. The molecular weight excluding hydrogens is 1360 g/mol. The molecule has 40 heteroatoms. The molecule has 8 atom stereocenters. The summed E-state index contributed by atoms with van der Waals surface area (Å²) in [5.41, 5.74) is -0.113. The van der Waals surface area contributed by atoms with Gasteiger partial charge in [-0.25, -0.2) is 0 Å². The number of hydrogen-bond donors (Lipinski definition) is 0. The molecule has 14 aliphatic heterocycles. The predicted octanol–water partition coefficient (Wildman–Crippen LogP) is 6.82. The monoisotopic (exact) mass is 1460 g/mol. The van der Waals surface area contributed by atoms with Crippen LogP contribution in [0.2, 0.25) is 176 Å². The standard InChI is InChI=1S/C44H96O24Si16/c1-69(2,25-37-17-45-37)53-77-33-78(54-70(3,4)26-38-18-46-38)62-81(57-73(9,10)29-41-21-49-41)34-79(61-77,55-71(5,6)27-39-19-47-39)67-82(58-74(11,12)30-42-22-50-42)35-80(65-77,56-72(7,8)28-40-20-48-40)63-83(66-78,59-75(13,14)31-43-23-51-43)36-84(64-82,68-81)60-76(15,16)32-44-24-52-44/h37-44H,17-36H2,1-16H3. The van der Waals surface area contributed by atoms with E-state index in [2.05, 4.69) is 105 Å². The first kappa shape index (κ1) is 65.2. The molecule has 0 aromatic heterocycles. The molecule has 14 heterocycles. The normalized spacial score (nSPS) is 44.0. The Balaban J connectivity index is 1.11. The van der Waals surface area contributed by atoms with Crippen LogP contribution in [0, 0.1) is 0 Å². The molecule has 0 radical (unpaired) electrons. The van der Waals surface area contributed by atoms with Crippen LogP contribution in [0.1, 0.15) is 0 Å². The zero-order chi connectivity index (χ0) is 59.7. The molecule has 0 amide bonds. The van der Waals surface area contributed by atoms with Crippen LogP contribution in [0.5, 0.6) is 0 Å². The van der Waals surface area contributed by atoms with Crippen molar-refractivity contribution >= 4 is 137 Å². The molecule has 8 bridgehead atoms. The maximum atomic E-state index is 8.56. The first-order chi connectivity index (χ1) is 38.8. The molecule has 14 aliphatic rings. The summed E-state index contributed by atoms with van der Waals surface area (Å²) in [5, 5.41) is 0. The lowest BCUT2D eigenvalue weighted by atomic mass is 10.6. The van der Waals surface area contributed by atoms with Crippen molar-refractivity contribution in [2.45, 2.75) is 225 Å². The number of rotatable bonds is 32. The van der Waals surface area contributed by atoms with Crippen molar-refractivity contribution in [2.75, 3.05) is 52.9 Å². The van der Waals surface area contributed by atoms with E-state index in [4.69, 9.17) is 104 Å². The molecule has 480 valence electrons. The minimum Gasteiger partial charge on any atom is -0.416 e. The van der Waals surface area contributed by atoms with Crippen molar-refractivity contribution < 1.29 is 104 Å². The third kappa shape index (κ3) is 16.9. The second kappa shape index (κ2) is 22.0. The van der Waals surface area contributed by atoms with Gasteiger partial charge in [-0.2, -0.15) is 0 Å². The maximum Gasteiger partial charge on any atom is 0.480 e. The van der Waals surface area contributed by atoms with Crippen molar-refractivity contribution in [2.24, 2.45) is 0 Å². The molecule has 84 heavy (non-hydrogen) atoms. The van der Waals surface area contributed by atoms with Crippen molar-refractivity contribution in [1.82, 2.24) is 0 Å². The Morgan fingerprint density at radius 2 is 0.310 bits per heavy atom. The van der Waals surface area contributed by atoms with Crippen molar-refractivity contribution in [3.63, 3.8) is 0 Å². The van der Waals surface area contributed by atoms with Crippen molar-refractivity contribution in [3.05, 3.63) is 0 Å². The van der Waals surface area contributed by atoms with Gasteiger partial charge in [0.05, 0.1) is 124 Å². The summed E-state index contributed by atoms with van der Waals surface area (Å²) in [4.78, 5) is 0. The lowest BCUT2D eigenvalue weighted by Crippen LogP contribution is -2.90. The lowest BCUT2D eigenvalue weighted by Gasteiger charge is -2.64. The van der Waals surface area contributed by atoms with Crippen LogP contribution in [0.3, 0.4) is 0 Å². The quantitative estimate of drug-likeness (QED) is 0.0495. The fourth-order valence-electron chi connectivity index (χ4n) is 13.9. The Kier molecular flexibility index (Phi) is 17.1. The van der Waals surface area contributed by atoms with Gasteiger partial charge in [-0.05, 0) is 153 Å². The highest BCUT2D eigenvalue weighted by atomic mass is 28.6. The van der Waals surface area contributed by atoms with Crippen LogP contribution in [-0.2, 0) is 104 Å². The average molecular weight is 1460 g/mol. The second-order valence-electron chi connectivity index (χ2n) is 31.2. The molecule has 0 aromatic carbocycles. The minimum absolute atomic E-state index is 0.0279. The van der Waals surface area contributed by atoms with E-state index in [1.807, 2.05) is 0 Å². The highest BCUT2D eigenvalue weighted by Gasteiger charge is 2.88. The Bertz CT molecular complexity index is 1900. The zero-order valence-corrected chi connectivity index (χ0v) is 68.6. The molecule has 0 N–H and O–H groups in total. The van der Waals surface area contributed by atoms with E-state index in [1.54, 1.807) is 0 Å². The van der Waals surface area contributed by atoms with Gasteiger partial charge in [0.2, 0.25) is 0 Å². The van der Waals surface area contributed by atoms with Crippen LogP contribution < -0.4 is 0 Å². The Labute approximate surface area is 514 Å². The molecule has 14 rings (SSSR count). The van der Waals surface area contributed by atoms with Gasteiger partial charge in [0.25, 0.3) is 0 Å². The maximum absolute atomic E-state index is 8.56. The van der Waals surface area contributed by atoms with Crippen molar-refractivity contribution in [1.29, 1.82) is 0 Å². The van der Waals surface area contributed by atoms with Gasteiger partial charge < -0.3 is 104 Å². The third-order valence-electron chi connectivity index (χ3n) is 16.6. The fourth-order valence-corrected chi connectivity index (χ4v) is 113. The third-order valence-corrected chi connectivity index (χ3v) is 89.6. The van der Waals surface area contributed by atoms with E-state index in [-0.39, 0.29) is 71.5 Å². The Hall–Kier alpha value is 2.51. The first-order valence-electron chi connectivity index (χ1n) is 30.9. The number of ether oxygens (including phenoxy) is 8. The minimum atomic E-state index is -4.58. The van der Waals surface area contributed by atoms with Gasteiger partial charge >= 0.3 is 70.4 Å². The molecule has 14 saturated heterocycles. The fraction of sp³-hybridized carbons (Fsp3) is 1.00. The summed E-state index contributed by atoms with van der Waals surface area (Å²) >= 11 is 0. The molecule has 0 aromatic rings. The number of hydrogen-bond acceptors (Lipinski definition) is 24. The van der Waals surface area contributed by atoms with E-state index in [0.717, 1.165) is 0 Å². The Morgan fingerprint density at radius 3 is 0.393 bits per heavy atom. The second-order valence-corrected chi connectivity index (χ2v) is 92.2.